The number of furan rings is 1. The van der Waals surface area contributed by atoms with Gasteiger partial charge >= 0.3 is 0 Å². The molecular formula is C18H22N4O3. The zero-order valence-electron chi connectivity index (χ0n) is 14.4. The molecule has 1 saturated heterocycles. The summed E-state index contributed by atoms with van der Waals surface area (Å²) >= 11 is 0. The Morgan fingerprint density at radius 3 is 2.28 bits per heavy atom. The van der Waals surface area contributed by atoms with E-state index < -0.39 is 0 Å². The summed E-state index contributed by atoms with van der Waals surface area (Å²) in [6.07, 6.45) is 0. The van der Waals surface area contributed by atoms with E-state index in [0.717, 1.165) is 31.9 Å². The van der Waals surface area contributed by atoms with Gasteiger partial charge in [-0.15, -0.1) is 0 Å². The normalized spacial score (nSPS) is 15.0. The second-order valence-corrected chi connectivity index (χ2v) is 6.14. The van der Waals surface area contributed by atoms with Crippen molar-refractivity contribution in [1.82, 2.24) is 4.90 Å². The van der Waals surface area contributed by atoms with Crippen LogP contribution >= 0.6 is 0 Å². The molecule has 0 spiro atoms. The van der Waals surface area contributed by atoms with Crippen LogP contribution in [0.2, 0.25) is 0 Å². The van der Waals surface area contributed by atoms with Crippen LogP contribution in [0.25, 0.3) is 0 Å². The van der Waals surface area contributed by atoms with E-state index >= 15 is 0 Å². The van der Waals surface area contributed by atoms with E-state index in [9.17, 15) is 9.59 Å². The van der Waals surface area contributed by atoms with Gasteiger partial charge in [-0.2, -0.15) is 0 Å². The summed E-state index contributed by atoms with van der Waals surface area (Å²) in [5.41, 5.74) is 1.84. The number of amides is 2. The van der Waals surface area contributed by atoms with E-state index in [4.69, 9.17) is 4.42 Å². The fraction of sp³-hybridized carbons (Fsp3) is 0.333. The van der Waals surface area contributed by atoms with Crippen molar-refractivity contribution < 1.29 is 14.0 Å². The van der Waals surface area contributed by atoms with Crippen molar-refractivity contribution in [3.63, 3.8) is 0 Å². The van der Waals surface area contributed by atoms with Gasteiger partial charge in [0.05, 0.1) is 0 Å². The molecule has 7 nitrogen and oxygen atoms in total. The van der Waals surface area contributed by atoms with Crippen LogP contribution in [0.5, 0.6) is 0 Å². The smallest absolute Gasteiger partial charge is 0.291 e. The first kappa shape index (κ1) is 17.0. The third-order valence-electron chi connectivity index (χ3n) is 4.12. The number of nitrogens with zero attached hydrogens (tertiary/aromatic N) is 2. The van der Waals surface area contributed by atoms with Crippen molar-refractivity contribution in [2.24, 2.45) is 0 Å². The van der Waals surface area contributed by atoms with Gasteiger partial charge in [0.15, 0.2) is 11.6 Å². The first-order chi connectivity index (χ1) is 12.0. The molecule has 132 valence electrons. The molecule has 0 bridgehead atoms. The van der Waals surface area contributed by atoms with E-state index in [-0.39, 0.29) is 23.5 Å². The number of rotatable bonds is 4. The number of anilines is 3. The van der Waals surface area contributed by atoms with E-state index in [1.807, 2.05) is 24.3 Å². The molecule has 2 amide bonds. The number of piperazine rings is 1. The molecule has 7 heteroatoms. The lowest BCUT2D eigenvalue weighted by Gasteiger charge is -2.34. The Bertz CT molecular complexity index is 746. The van der Waals surface area contributed by atoms with Gasteiger partial charge in [-0.25, -0.2) is 0 Å². The molecule has 2 heterocycles. The Labute approximate surface area is 146 Å². The predicted octanol–water partition coefficient (Wildman–Crippen LogP) is 2.24. The van der Waals surface area contributed by atoms with Crippen molar-refractivity contribution in [3.8, 4) is 0 Å². The lowest BCUT2D eigenvalue weighted by Crippen LogP contribution is -2.44. The molecule has 2 N–H and O–H groups in total. The summed E-state index contributed by atoms with van der Waals surface area (Å²) in [6.45, 7) is 5.48. The highest BCUT2D eigenvalue weighted by Gasteiger charge is 2.15. The minimum atomic E-state index is -0.357. The molecule has 2 aromatic rings. The van der Waals surface area contributed by atoms with Crippen LogP contribution in [0.15, 0.2) is 40.8 Å². The molecule has 0 unspecified atom stereocenters. The third-order valence-corrected chi connectivity index (χ3v) is 4.12. The predicted molar refractivity (Wildman–Crippen MR) is 97.1 cm³/mol. The Balaban J connectivity index is 1.60. The Morgan fingerprint density at radius 2 is 1.64 bits per heavy atom. The van der Waals surface area contributed by atoms with E-state index in [1.54, 1.807) is 6.07 Å². The number of likely N-dealkylation sites (N-methyl/N-ethyl adjacent to an activating group) is 1. The average Bonchev–Trinajstić information content (AvgIpc) is 3.04. The maximum atomic E-state index is 12.2. The lowest BCUT2D eigenvalue weighted by molar-refractivity contribution is -0.114. The zero-order valence-corrected chi connectivity index (χ0v) is 14.4. The van der Waals surface area contributed by atoms with Crippen LogP contribution in [0.1, 0.15) is 17.5 Å². The van der Waals surface area contributed by atoms with Gasteiger partial charge in [0.25, 0.3) is 5.91 Å². The molecule has 1 aliphatic rings. The second-order valence-electron chi connectivity index (χ2n) is 6.14. The third kappa shape index (κ3) is 4.39. The number of carbonyl (C=O) groups is 2. The van der Waals surface area contributed by atoms with Gasteiger partial charge in [0.1, 0.15) is 0 Å². The van der Waals surface area contributed by atoms with Gasteiger partial charge in [-0.3, -0.25) is 14.9 Å². The van der Waals surface area contributed by atoms with Crippen LogP contribution in [0.3, 0.4) is 0 Å². The topological polar surface area (TPSA) is 77.8 Å². The first-order valence-electron chi connectivity index (χ1n) is 8.23. The SMILES string of the molecule is CC(=O)Nc1ccc(C(=O)Nc2ccc(N3CCN(C)CC3)cc2)o1. The molecule has 0 saturated carbocycles. The number of hydrogen-bond donors (Lipinski definition) is 2. The van der Waals surface area contributed by atoms with E-state index in [2.05, 4.69) is 27.5 Å². The Morgan fingerprint density at radius 1 is 0.960 bits per heavy atom. The van der Waals surface area contributed by atoms with Crippen molar-refractivity contribution >= 4 is 29.1 Å². The number of nitrogens with one attached hydrogen (secondary N) is 2. The maximum absolute atomic E-state index is 12.2. The highest BCUT2D eigenvalue weighted by atomic mass is 16.4. The highest BCUT2D eigenvalue weighted by molar-refractivity contribution is 6.02. The van der Waals surface area contributed by atoms with Crippen molar-refractivity contribution in [2.45, 2.75) is 6.92 Å². The van der Waals surface area contributed by atoms with Gasteiger partial charge in [-0.1, -0.05) is 0 Å². The standard InChI is InChI=1S/C18H22N4O3/c1-13(23)19-17-8-7-16(25-17)18(24)20-14-3-5-15(6-4-14)22-11-9-21(2)10-12-22/h3-8H,9-12H2,1-2H3,(H,19,23)(H,20,24). The molecular weight excluding hydrogens is 320 g/mol. The molecule has 25 heavy (non-hydrogen) atoms. The van der Waals surface area contributed by atoms with Crippen LogP contribution < -0.4 is 15.5 Å². The van der Waals surface area contributed by atoms with E-state index in [0.29, 0.717) is 5.69 Å². The highest BCUT2D eigenvalue weighted by Crippen LogP contribution is 2.20. The van der Waals surface area contributed by atoms with Crippen LogP contribution in [0, 0.1) is 0 Å². The Hall–Kier alpha value is -2.80. The van der Waals surface area contributed by atoms with Crippen LogP contribution in [0.4, 0.5) is 17.3 Å². The maximum Gasteiger partial charge on any atom is 0.291 e. The summed E-state index contributed by atoms with van der Waals surface area (Å²) in [5.74, 6) is -0.209. The summed E-state index contributed by atoms with van der Waals surface area (Å²) < 4.78 is 5.30. The minimum Gasteiger partial charge on any atom is -0.435 e. The first-order valence-corrected chi connectivity index (χ1v) is 8.23. The quantitative estimate of drug-likeness (QED) is 0.891. The zero-order chi connectivity index (χ0) is 17.8. The molecule has 0 atom stereocenters. The van der Waals surface area contributed by atoms with Gasteiger partial charge in [-0.05, 0) is 37.4 Å². The van der Waals surface area contributed by atoms with Crippen LogP contribution in [-0.4, -0.2) is 49.9 Å². The lowest BCUT2D eigenvalue weighted by atomic mass is 10.2. The number of benzene rings is 1. The summed E-state index contributed by atoms with van der Waals surface area (Å²) in [6, 6.07) is 10.8. The average molecular weight is 342 g/mol. The fourth-order valence-electron chi connectivity index (χ4n) is 2.71. The molecule has 1 aliphatic heterocycles. The largest absolute Gasteiger partial charge is 0.435 e. The second kappa shape index (κ2) is 7.40. The monoisotopic (exact) mass is 342 g/mol. The molecule has 1 aromatic heterocycles. The van der Waals surface area contributed by atoms with Crippen molar-refractivity contribution in [3.05, 3.63) is 42.2 Å². The van der Waals surface area contributed by atoms with E-state index in [1.165, 1.54) is 13.0 Å². The molecule has 1 fully saturated rings. The fourth-order valence-corrected chi connectivity index (χ4v) is 2.71. The van der Waals surface area contributed by atoms with Crippen molar-refractivity contribution in [1.29, 1.82) is 0 Å². The van der Waals surface area contributed by atoms with Crippen molar-refractivity contribution in [2.75, 3.05) is 48.8 Å². The van der Waals surface area contributed by atoms with Gasteiger partial charge in [0.2, 0.25) is 5.91 Å². The Kier molecular flexibility index (Phi) is 5.04. The summed E-state index contributed by atoms with van der Waals surface area (Å²) in [5, 5.41) is 5.29. The molecule has 0 radical (unpaired) electrons. The summed E-state index contributed by atoms with van der Waals surface area (Å²) in [4.78, 5) is 27.8. The molecule has 1 aromatic carbocycles. The number of carbonyl (C=O) groups excluding carboxylic acids is 2. The summed E-state index contributed by atoms with van der Waals surface area (Å²) in [7, 11) is 2.13. The molecule has 0 aliphatic carbocycles. The number of hydrogen-bond acceptors (Lipinski definition) is 5. The van der Waals surface area contributed by atoms with Gasteiger partial charge < -0.3 is 19.5 Å². The minimum absolute atomic E-state index is 0.145. The van der Waals surface area contributed by atoms with Gasteiger partial charge in [0, 0.05) is 50.5 Å². The molecule has 3 rings (SSSR count). The van der Waals surface area contributed by atoms with Crippen LogP contribution in [-0.2, 0) is 4.79 Å².